The first kappa shape index (κ1) is 15.4. The van der Waals surface area contributed by atoms with Gasteiger partial charge in [-0.1, -0.05) is 25.0 Å². The molecule has 0 spiro atoms. The fourth-order valence-corrected chi connectivity index (χ4v) is 4.24. The van der Waals surface area contributed by atoms with Gasteiger partial charge in [0, 0.05) is 6.04 Å². The number of rotatable bonds is 5. The van der Waals surface area contributed by atoms with Crippen LogP contribution in [0.25, 0.3) is 0 Å². The van der Waals surface area contributed by atoms with Crippen molar-refractivity contribution in [2.45, 2.75) is 37.5 Å². The lowest BCUT2D eigenvalue weighted by Crippen LogP contribution is -2.45. The summed E-state index contributed by atoms with van der Waals surface area (Å²) < 4.78 is 40.2. The minimum atomic E-state index is -3.47. The topological polar surface area (TPSA) is 72.2 Å². The van der Waals surface area contributed by atoms with Gasteiger partial charge in [-0.3, -0.25) is 0 Å². The molecule has 0 bridgehead atoms. The maximum atomic E-state index is 13.1. The summed E-state index contributed by atoms with van der Waals surface area (Å²) in [5, 5.41) is 0. The van der Waals surface area contributed by atoms with Crippen LogP contribution in [0.5, 0.6) is 0 Å². The van der Waals surface area contributed by atoms with E-state index in [4.69, 9.17) is 5.73 Å². The Labute approximate surface area is 119 Å². The molecule has 1 aliphatic rings. The van der Waals surface area contributed by atoms with Crippen LogP contribution in [0.3, 0.4) is 0 Å². The van der Waals surface area contributed by atoms with Crippen molar-refractivity contribution in [3.8, 4) is 0 Å². The van der Waals surface area contributed by atoms with Crippen LogP contribution in [0.4, 0.5) is 4.39 Å². The standard InChI is InChI=1S/C14H21FN2O2S/c15-13-6-3-4-11(8-13)10-20(18,19)17-14-7-2-1-5-12(14)9-16/h3-4,6,8,12,14,17H,1-2,5,7,9-10,16H2/t12-,14-/m0/s1. The summed E-state index contributed by atoms with van der Waals surface area (Å²) in [6.45, 7) is 0.493. The SMILES string of the molecule is NC[C@@H]1CCCC[C@@H]1NS(=O)(=O)Cc1cccc(F)c1. The Morgan fingerprint density at radius 1 is 1.30 bits per heavy atom. The molecule has 1 saturated carbocycles. The summed E-state index contributed by atoms with van der Waals surface area (Å²) in [4.78, 5) is 0. The van der Waals surface area contributed by atoms with Gasteiger partial charge in [0.25, 0.3) is 0 Å². The lowest BCUT2D eigenvalue weighted by atomic mass is 9.85. The smallest absolute Gasteiger partial charge is 0.216 e. The van der Waals surface area contributed by atoms with Gasteiger partial charge in [-0.25, -0.2) is 17.5 Å². The molecule has 0 aromatic heterocycles. The van der Waals surface area contributed by atoms with E-state index < -0.39 is 15.8 Å². The first-order chi connectivity index (χ1) is 9.50. The molecule has 0 unspecified atom stereocenters. The number of halogens is 1. The number of nitrogens with two attached hydrogens (primary N) is 1. The minimum Gasteiger partial charge on any atom is -0.330 e. The Morgan fingerprint density at radius 3 is 2.75 bits per heavy atom. The molecule has 4 nitrogen and oxygen atoms in total. The number of nitrogens with one attached hydrogen (secondary N) is 1. The van der Waals surface area contributed by atoms with E-state index in [1.807, 2.05) is 0 Å². The molecule has 0 aliphatic heterocycles. The molecule has 20 heavy (non-hydrogen) atoms. The summed E-state index contributed by atoms with van der Waals surface area (Å²) in [6.07, 6.45) is 3.90. The van der Waals surface area contributed by atoms with Crippen LogP contribution in [0.1, 0.15) is 31.2 Å². The van der Waals surface area contributed by atoms with Crippen LogP contribution in [0, 0.1) is 11.7 Å². The number of hydrogen-bond acceptors (Lipinski definition) is 3. The van der Waals surface area contributed by atoms with Crippen molar-refractivity contribution in [1.29, 1.82) is 0 Å². The number of hydrogen-bond donors (Lipinski definition) is 2. The van der Waals surface area contributed by atoms with E-state index in [1.165, 1.54) is 18.2 Å². The zero-order chi connectivity index (χ0) is 14.6. The largest absolute Gasteiger partial charge is 0.330 e. The van der Waals surface area contributed by atoms with Crippen LogP contribution in [-0.2, 0) is 15.8 Å². The lowest BCUT2D eigenvalue weighted by molar-refractivity contribution is 0.296. The molecule has 1 aromatic rings. The summed E-state index contributed by atoms with van der Waals surface area (Å²) in [5.41, 5.74) is 6.16. The third kappa shape index (κ3) is 4.26. The van der Waals surface area contributed by atoms with Crippen LogP contribution >= 0.6 is 0 Å². The van der Waals surface area contributed by atoms with Crippen LogP contribution in [0.2, 0.25) is 0 Å². The predicted molar refractivity (Wildman–Crippen MR) is 77.0 cm³/mol. The Bertz CT molecular complexity index is 548. The Kier molecular flexibility index (Phi) is 5.12. The monoisotopic (exact) mass is 300 g/mol. The molecule has 2 rings (SSSR count). The number of benzene rings is 1. The van der Waals surface area contributed by atoms with Crippen LogP contribution in [-0.4, -0.2) is 21.0 Å². The minimum absolute atomic E-state index is 0.0905. The van der Waals surface area contributed by atoms with Gasteiger partial charge in [0.05, 0.1) is 5.75 Å². The quantitative estimate of drug-likeness (QED) is 0.870. The number of sulfonamides is 1. The van der Waals surface area contributed by atoms with Crippen LogP contribution in [0.15, 0.2) is 24.3 Å². The van der Waals surface area contributed by atoms with Gasteiger partial charge in [-0.2, -0.15) is 0 Å². The molecule has 0 heterocycles. The van der Waals surface area contributed by atoms with Gasteiger partial charge in [-0.15, -0.1) is 0 Å². The van der Waals surface area contributed by atoms with Crippen LogP contribution < -0.4 is 10.5 Å². The van der Waals surface area contributed by atoms with E-state index in [2.05, 4.69) is 4.72 Å². The molecule has 6 heteroatoms. The average Bonchev–Trinajstić information content (AvgIpc) is 2.38. The fourth-order valence-electron chi connectivity index (χ4n) is 2.76. The summed E-state index contributed by atoms with van der Waals surface area (Å²) >= 11 is 0. The molecule has 0 radical (unpaired) electrons. The van der Waals surface area contributed by atoms with Gasteiger partial charge < -0.3 is 5.73 Å². The van der Waals surface area contributed by atoms with E-state index in [0.29, 0.717) is 12.1 Å². The Hall–Kier alpha value is -0.980. The highest BCUT2D eigenvalue weighted by atomic mass is 32.2. The highest BCUT2D eigenvalue weighted by Crippen LogP contribution is 2.24. The van der Waals surface area contributed by atoms with Crippen molar-refractivity contribution in [2.24, 2.45) is 11.7 Å². The second-order valence-corrected chi connectivity index (χ2v) is 7.15. The predicted octanol–water partition coefficient (Wildman–Crippen LogP) is 1.76. The normalized spacial score (nSPS) is 23.7. The molecule has 2 atom stereocenters. The third-order valence-corrected chi connectivity index (χ3v) is 5.16. The van der Waals surface area contributed by atoms with Gasteiger partial charge in [0.2, 0.25) is 10.0 Å². The van der Waals surface area contributed by atoms with E-state index >= 15 is 0 Å². The van der Waals surface area contributed by atoms with E-state index in [-0.39, 0.29) is 17.7 Å². The summed E-state index contributed by atoms with van der Waals surface area (Å²) in [7, 11) is -3.47. The molecule has 3 N–H and O–H groups in total. The highest BCUT2D eigenvalue weighted by Gasteiger charge is 2.27. The van der Waals surface area contributed by atoms with Crippen molar-refractivity contribution in [3.05, 3.63) is 35.6 Å². The zero-order valence-electron chi connectivity index (χ0n) is 11.4. The molecule has 1 fully saturated rings. The molecular formula is C14H21FN2O2S. The van der Waals surface area contributed by atoms with Gasteiger partial charge in [-0.05, 0) is 43.0 Å². The van der Waals surface area contributed by atoms with E-state index in [9.17, 15) is 12.8 Å². The van der Waals surface area contributed by atoms with Gasteiger partial charge in [0.1, 0.15) is 5.82 Å². The van der Waals surface area contributed by atoms with E-state index in [1.54, 1.807) is 6.07 Å². The first-order valence-electron chi connectivity index (χ1n) is 6.95. The van der Waals surface area contributed by atoms with Gasteiger partial charge in [0.15, 0.2) is 0 Å². The van der Waals surface area contributed by atoms with Crippen molar-refractivity contribution in [1.82, 2.24) is 4.72 Å². The molecular weight excluding hydrogens is 279 g/mol. The Morgan fingerprint density at radius 2 is 2.05 bits per heavy atom. The van der Waals surface area contributed by atoms with Crippen molar-refractivity contribution in [3.63, 3.8) is 0 Å². The molecule has 112 valence electrons. The van der Waals surface area contributed by atoms with E-state index in [0.717, 1.165) is 25.7 Å². The highest BCUT2D eigenvalue weighted by molar-refractivity contribution is 7.88. The zero-order valence-corrected chi connectivity index (χ0v) is 12.2. The first-order valence-corrected chi connectivity index (χ1v) is 8.60. The molecule has 0 amide bonds. The second-order valence-electron chi connectivity index (χ2n) is 5.39. The maximum absolute atomic E-state index is 13.1. The van der Waals surface area contributed by atoms with Gasteiger partial charge >= 0.3 is 0 Å². The second kappa shape index (κ2) is 6.65. The van der Waals surface area contributed by atoms with Crippen molar-refractivity contribution in [2.75, 3.05) is 6.54 Å². The molecule has 1 aromatic carbocycles. The maximum Gasteiger partial charge on any atom is 0.216 e. The molecule has 0 saturated heterocycles. The summed E-state index contributed by atoms with van der Waals surface area (Å²) in [5.74, 6) is -0.417. The summed E-state index contributed by atoms with van der Waals surface area (Å²) in [6, 6.07) is 5.59. The fraction of sp³-hybridized carbons (Fsp3) is 0.571. The third-order valence-electron chi connectivity index (χ3n) is 3.79. The molecule has 1 aliphatic carbocycles. The van der Waals surface area contributed by atoms with Crippen molar-refractivity contribution < 1.29 is 12.8 Å². The van der Waals surface area contributed by atoms with Crippen molar-refractivity contribution >= 4 is 10.0 Å². The Balaban J connectivity index is 2.03. The lowest BCUT2D eigenvalue weighted by Gasteiger charge is -2.31. The average molecular weight is 300 g/mol.